The minimum atomic E-state index is -0.467. The van der Waals surface area contributed by atoms with Gasteiger partial charge in [0.1, 0.15) is 6.61 Å². The molecule has 2 N–H and O–H groups in total. The topological polar surface area (TPSA) is 85.9 Å². The number of methoxy groups -OCH3 is 3. The number of hydrazine groups is 1. The Morgan fingerprint density at radius 1 is 1.05 bits per heavy atom. The average Bonchev–Trinajstić information content (AvgIpc) is 2.44. The van der Waals surface area contributed by atoms with Crippen molar-refractivity contribution in [2.24, 2.45) is 0 Å². The molecule has 0 bridgehead atoms. The fourth-order valence-corrected chi connectivity index (χ4v) is 1.34. The van der Waals surface area contributed by atoms with Crippen molar-refractivity contribution in [1.82, 2.24) is 10.9 Å². The molecule has 0 aliphatic heterocycles. The van der Waals surface area contributed by atoms with Crippen molar-refractivity contribution in [3.8, 4) is 11.5 Å². The van der Waals surface area contributed by atoms with Crippen LogP contribution in [-0.2, 0) is 9.53 Å². The lowest BCUT2D eigenvalue weighted by Crippen LogP contribution is -2.43. The van der Waals surface area contributed by atoms with E-state index in [4.69, 9.17) is 9.47 Å². The molecule has 0 unspecified atom stereocenters. The second kappa shape index (κ2) is 7.22. The van der Waals surface area contributed by atoms with Gasteiger partial charge in [-0.3, -0.25) is 20.4 Å². The van der Waals surface area contributed by atoms with Crippen LogP contribution in [0.25, 0.3) is 0 Å². The zero-order valence-corrected chi connectivity index (χ0v) is 11.0. The van der Waals surface area contributed by atoms with Crippen molar-refractivity contribution in [2.75, 3.05) is 27.9 Å². The second-order valence-electron chi connectivity index (χ2n) is 3.51. The standard InChI is InChI=1S/C12H16N2O5/c1-17-7-11(15)13-14-12(16)8-4-5-9(18-2)10(6-8)19-3/h4-6H,7H2,1-3H3,(H,13,15)(H,14,16). The van der Waals surface area contributed by atoms with Gasteiger partial charge in [0, 0.05) is 12.7 Å². The summed E-state index contributed by atoms with van der Waals surface area (Å²) >= 11 is 0. The average molecular weight is 268 g/mol. The van der Waals surface area contributed by atoms with Gasteiger partial charge in [-0.05, 0) is 18.2 Å². The summed E-state index contributed by atoms with van der Waals surface area (Å²) in [4.78, 5) is 22.9. The fourth-order valence-electron chi connectivity index (χ4n) is 1.34. The van der Waals surface area contributed by atoms with E-state index in [2.05, 4.69) is 15.6 Å². The van der Waals surface area contributed by atoms with Crippen LogP contribution in [0.5, 0.6) is 11.5 Å². The molecule has 0 saturated carbocycles. The van der Waals surface area contributed by atoms with Crippen LogP contribution >= 0.6 is 0 Å². The summed E-state index contributed by atoms with van der Waals surface area (Å²) in [6.45, 7) is -0.133. The molecule has 0 radical (unpaired) electrons. The van der Waals surface area contributed by atoms with Crippen LogP contribution in [0.1, 0.15) is 10.4 Å². The SMILES string of the molecule is COCC(=O)NNC(=O)c1ccc(OC)c(OC)c1. The first-order valence-electron chi connectivity index (χ1n) is 5.42. The van der Waals surface area contributed by atoms with Crippen molar-refractivity contribution in [1.29, 1.82) is 0 Å². The van der Waals surface area contributed by atoms with Gasteiger partial charge < -0.3 is 14.2 Å². The molecular formula is C12H16N2O5. The van der Waals surface area contributed by atoms with Gasteiger partial charge in [0.05, 0.1) is 14.2 Å². The van der Waals surface area contributed by atoms with Crippen molar-refractivity contribution >= 4 is 11.8 Å². The largest absolute Gasteiger partial charge is 0.493 e. The Bertz CT molecular complexity index is 461. The van der Waals surface area contributed by atoms with E-state index >= 15 is 0 Å². The van der Waals surface area contributed by atoms with Crippen LogP contribution in [0.3, 0.4) is 0 Å². The van der Waals surface area contributed by atoms with Crippen LogP contribution in [0.15, 0.2) is 18.2 Å². The van der Waals surface area contributed by atoms with Crippen LogP contribution in [0.4, 0.5) is 0 Å². The summed E-state index contributed by atoms with van der Waals surface area (Å²) in [7, 11) is 4.36. The van der Waals surface area contributed by atoms with E-state index in [0.717, 1.165) is 0 Å². The molecule has 7 nitrogen and oxygen atoms in total. The number of rotatable bonds is 5. The van der Waals surface area contributed by atoms with Gasteiger partial charge in [-0.2, -0.15) is 0 Å². The number of carbonyl (C=O) groups excluding carboxylic acids is 2. The molecule has 0 atom stereocenters. The number of nitrogens with one attached hydrogen (secondary N) is 2. The van der Waals surface area contributed by atoms with Gasteiger partial charge in [-0.25, -0.2) is 0 Å². The molecule has 1 aromatic rings. The molecule has 0 saturated heterocycles. The molecule has 0 aromatic heterocycles. The van der Waals surface area contributed by atoms with Gasteiger partial charge in [-0.15, -0.1) is 0 Å². The highest BCUT2D eigenvalue weighted by Gasteiger charge is 2.11. The first-order valence-corrected chi connectivity index (χ1v) is 5.42. The van der Waals surface area contributed by atoms with E-state index in [0.29, 0.717) is 17.1 Å². The number of ether oxygens (including phenoxy) is 3. The van der Waals surface area contributed by atoms with E-state index in [9.17, 15) is 9.59 Å². The van der Waals surface area contributed by atoms with E-state index < -0.39 is 11.8 Å². The third-order valence-corrected chi connectivity index (χ3v) is 2.24. The summed E-state index contributed by atoms with van der Waals surface area (Å²) < 4.78 is 14.7. The van der Waals surface area contributed by atoms with Crippen molar-refractivity contribution in [2.45, 2.75) is 0 Å². The zero-order valence-electron chi connectivity index (χ0n) is 11.0. The molecule has 1 aromatic carbocycles. The molecule has 7 heteroatoms. The highest BCUT2D eigenvalue weighted by Crippen LogP contribution is 2.27. The van der Waals surface area contributed by atoms with Gasteiger partial charge in [0.15, 0.2) is 11.5 Å². The first-order chi connectivity index (χ1) is 9.12. The molecule has 19 heavy (non-hydrogen) atoms. The highest BCUT2D eigenvalue weighted by molar-refractivity contribution is 5.96. The Labute approximate surface area is 110 Å². The molecule has 0 spiro atoms. The second-order valence-corrected chi connectivity index (χ2v) is 3.51. The Morgan fingerprint density at radius 2 is 1.74 bits per heavy atom. The number of amides is 2. The Hall–Kier alpha value is -2.28. The number of carbonyl (C=O) groups is 2. The molecular weight excluding hydrogens is 252 g/mol. The lowest BCUT2D eigenvalue weighted by molar-refractivity contribution is -0.125. The summed E-state index contributed by atoms with van der Waals surface area (Å²) in [5.41, 5.74) is 4.80. The van der Waals surface area contributed by atoms with E-state index in [1.165, 1.54) is 27.4 Å². The maximum Gasteiger partial charge on any atom is 0.269 e. The fraction of sp³-hybridized carbons (Fsp3) is 0.333. The minimum absolute atomic E-state index is 0.133. The van der Waals surface area contributed by atoms with E-state index in [1.54, 1.807) is 12.1 Å². The Balaban J connectivity index is 2.69. The lowest BCUT2D eigenvalue weighted by atomic mass is 10.2. The third kappa shape index (κ3) is 4.14. The number of hydrogen-bond donors (Lipinski definition) is 2. The molecule has 1 rings (SSSR count). The summed E-state index contributed by atoms with van der Waals surface area (Å²) in [6, 6.07) is 4.67. The van der Waals surface area contributed by atoms with Crippen molar-refractivity contribution in [3.63, 3.8) is 0 Å². The van der Waals surface area contributed by atoms with Crippen LogP contribution < -0.4 is 20.3 Å². The van der Waals surface area contributed by atoms with Gasteiger partial charge in [0.25, 0.3) is 11.8 Å². The van der Waals surface area contributed by atoms with Gasteiger partial charge in [-0.1, -0.05) is 0 Å². The summed E-state index contributed by atoms with van der Waals surface area (Å²) in [5, 5.41) is 0. The lowest BCUT2D eigenvalue weighted by Gasteiger charge is -2.10. The molecule has 2 amide bonds. The maximum atomic E-state index is 11.8. The first kappa shape index (κ1) is 14.8. The molecule has 0 aliphatic carbocycles. The van der Waals surface area contributed by atoms with Crippen molar-refractivity contribution < 1.29 is 23.8 Å². The highest BCUT2D eigenvalue weighted by atomic mass is 16.5. The summed E-state index contributed by atoms with van der Waals surface area (Å²) in [6.07, 6.45) is 0. The van der Waals surface area contributed by atoms with Crippen LogP contribution in [-0.4, -0.2) is 39.8 Å². The van der Waals surface area contributed by atoms with Crippen LogP contribution in [0.2, 0.25) is 0 Å². The quantitative estimate of drug-likeness (QED) is 0.740. The minimum Gasteiger partial charge on any atom is -0.493 e. The number of hydrogen-bond acceptors (Lipinski definition) is 5. The molecule has 0 aliphatic rings. The molecule has 0 fully saturated rings. The van der Waals surface area contributed by atoms with Crippen LogP contribution in [0, 0.1) is 0 Å². The van der Waals surface area contributed by atoms with Crippen molar-refractivity contribution in [3.05, 3.63) is 23.8 Å². The van der Waals surface area contributed by atoms with E-state index in [1.807, 2.05) is 0 Å². The zero-order chi connectivity index (χ0) is 14.3. The smallest absolute Gasteiger partial charge is 0.269 e. The normalized spacial score (nSPS) is 9.63. The number of benzene rings is 1. The monoisotopic (exact) mass is 268 g/mol. The molecule has 104 valence electrons. The summed E-state index contributed by atoms with van der Waals surface area (Å²) in [5.74, 6) is 0.0302. The predicted octanol–water partition coefficient (Wildman–Crippen LogP) is 0.111. The van der Waals surface area contributed by atoms with Gasteiger partial charge in [0.2, 0.25) is 0 Å². The third-order valence-electron chi connectivity index (χ3n) is 2.24. The molecule has 0 heterocycles. The van der Waals surface area contributed by atoms with E-state index in [-0.39, 0.29) is 6.61 Å². The predicted molar refractivity (Wildman–Crippen MR) is 67.0 cm³/mol. The van der Waals surface area contributed by atoms with Gasteiger partial charge >= 0.3 is 0 Å². The Kier molecular flexibility index (Phi) is 5.62. The maximum absolute atomic E-state index is 11.8. The Morgan fingerprint density at radius 3 is 2.32 bits per heavy atom.